The Morgan fingerprint density at radius 1 is 1.06 bits per heavy atom. The fourth-order valence-electron chi connectivity index (χ4n) is 3.18. The summed E-state index contributed by atoms with van der Waals surface area (Å²) in [6, 6.07) is 0.533. The van der Waals surface area contributed by atoms with Crippen molar-refractivity contribution < 1.29 is 19.1 Å². The van der Waals surface area contributed by atoms with Crippen LogP contribution in [0.25, 0.3) is 0 Å². The van der Waals surface area contributed by atoms with Crippen LogP contribution in [0.4, 0.5) is 0 Å². The van der Waals surface area contributed by atoms with Gasteiger partial charge in [0.05, 0.1) is 19.2 Å². The SMILES string of the molecule is C.CC(C)N1CCCCC1.CCC.CCOC(=O)/C(C)=C/[C@H](C(C)C)N(C)C(=O)CNC=O. The number of rotatable bonds is 9. The van der Waals surface area contributed by atoms with E-state index in [0.717, 1.165) is 6.04 Å². The maximum Gasteiger partial charge on any atom is 0.333 e. The van der Waals surface area contributed by atoms with E-state index in [9.17, 15) is 14.4 Å². The number of ether oxygens (including phenoxy) is 1. The molecule has 1 atom stereocenters. The predicted octanol–water partition coefficient (Wildman–Crippen LogP) is 4.66. The van der Waals surface area contributed by atoms with Crippen molar-refractivity contribution in [2.24, 2.45) is 5.92 Å². The topological polar surface area (TPSA) is 79.0 Å². The molecule has 0 spiro atoms. The van der Waals surface area contributed by atoms with Crippen LogP contribution in [-0.4, -0.2) is 73.5 Å². The summed E-state index contributed by atoms with van der Waals surface area (Å²) in [6.45, 7) is 19.0. The third-order valence-electron chi connectivity index (χ3n) is 5.00. The molecule has 1 N–H and O–H groups in total. The van der Waals surface area contributed by atoms with Gasteiger partial charge in [-0.1, -0.05) is 54.0 Å². The molecule has 0 aromatic carbocycles. The van der Waals surface area contributed by atoms with Crippen LogP contribution in [0.1, 0.15) is 88.5 Å². The van der Waals surface area contributed by atoms with Gasteiger partial charge in [-0.15, -0.1) is 0 Å². The minimum absolute atomic E-state index is 0. The van der Waals surface area contributed by atoms with Gasteiger partial charge in [-0.05, 0) is 59.5 Å². The molecule has 1 rings (SSSR count). The normalized spacial score (nSPS) is 14.6. The van der Waals surface area contributed by atoms with Crippen LogP contribution in [0.3, 0.4) is 0 Å². The molecule has 1 fully saturated rings. The number of hydrogen-bond donors (Lipinski definition) is 1. The summed E-state index contributed by atoms with van der Waals surface area (Å²) in [7, 11) is 1.65. The highest BCUT2D eigenvalue weighted by molar-refractivity contribution is 5.88. The van der Waals surface area contributed by atoms with Crippen LogP contribution >= 0.6 is 0 Å². The fraction of sp³-hybridized carbons (Fsp3) is 0.808. The quantitative estimate of drug-likeness (QED) is 0.301. The van der Waals surface area contributed by atoms with Gasteiger partial charge >= 0.3 is 5.97 Å². The highest BCUT2D eigenvalue weighted by Crippen LogP contribution is 2.14. The lowest BCUT2D eigenvalue weighted by atomic mass is 10.00. The predicted molar refractivity (Wildman–Crippen MR) is 139 cm³/mol. The molecule has 7 nitrogen and oxygen atoms in total. The second-order valence-electron chi connectivity index (χ2n) is 8.71. The number of likely N-dealkylation sites (tertiary alicyclic amines) is 1. The van der Waals surface area contributed by atoms with Crippen LogP contribution in [-0.2, 0) is 19.1 Å². The molecule has 2 amide bonds. The van der Waals surface area contributed by atoms with Crippen LogP contribution in [0, 0.1) is 5.92 Å². The monoisotopic (exact) mass is 471 g/mol. The maximum absolute atomic E-state index is 11.9. The van der Waals surface area contributed by atoms with Gasteiger partial charge in [-0.2, -0.15) is 0 Å². The Labute approximate surface area is 204 Å². The van der Waals surface area contributed by atoms with E-state index < -0.39 is 0 Å². The molecule has 0 radical (unpaired) electrons. The van der Waals surface area contributed by atoms with Crippen molar-refractivity contribution in [1.29, 1.82) is 0 Å². The van der Waals surface area contributed by atoms with E-state index in [1.807, 2.05) is 13.8 Å². The number of likely N-dealkylation sites (N-methyl/N-ethyl adjacent to an activating group) is 1. The third kappa shape index (κ3) is 17.3. The Kier molecular flexibility index (Phi) is 23.7. The molecule has 0 aliphatic carbocycles. The molecule has 33 heavy (non-hydrogen) atoms. The van der Waals surface area contributed by atoms with Gasteiger partial charge in [0, 0.05) is 18.7 Å². The number of amides is 2. The van der Waals surface area contributed by atoms with Gasteiger partial charge in [0.1, 0.15) is 0 Å². The average molecular weight is 472 g/mol. The number of piperidine rings is 1. The molecule has 1 aliphatic heterocycles. The highest BCUT2D eigenvalue weighted by atomic mass is 16.5. The zero-order chi connectivity index (χ0) is 25.1. The molecule has 0 saturated carbocycles. The second kappa shape index (κ2) is 21.9. The van der Waals surface area contributed by atoms with Crippen molar-refractivity contribution in [2.45, 2.75) is 101 Å². The Balaban J connectivity index is -0.000000571. The number of nitrogens with one attached hydrogen (secondary N) is 1. The molecule has 0 aromatic heterocycles. The number of hydrogen-bond acceptors (Lipinski definition) is 5. The lowest BCUT2D eigenvalue weighted by Crippen LogP contribution is -2.43. The Hall–Kier alpha value is -1.89. The third-order valence-corrected chi connectivity index (χ3v) is 5.00. The first-order chi connectivity index (χ1) is 15.1. The van der Waals surface area contributed by atoms with Gasteiger partial charge in [0.15, 0.2) is 0 Å². The van der Waals surface area contributed by atoms with Crippen LogP contribution in [0.15, 0.2) is 11.6 Å². The van der Waals surface area contributed by atoms with Crippen molar-refractivity contribution >= 4 is 18.3 Å². The Bertz CT molecular complexity index is 542. The standard InChI is InChI=1S/C14H24N2O4.C8H17N.C3H8.CH4/c1-6-20-14(19)11(4)7-12(10(2)3)16(5)13(18)8-15-9-17;1-8(2)9-6-4-3-5-7-9;1-3-2;/h7,9-10,12H,6,8H2,1-5H3,(H,15,17);8H,3-7H2,1-2H3;3H2,1-2H3;1H4/b11-7+;;;/t12-;;;/m1.../s1. The smallest absolute Gasteiger partial charge is 0.333 e. The van der Waals surface area contributed by atoms with Crippen molar-refractivity contribution in [3.63, 3.8) is 0 Å². The Morgan fingerprint density at radius 2 is 1.58 bits per heavy atom. The van der Waals surface area contributed by atoms with Crippen LogP contribution in [0.5, 0.6) is 0 Å². The molecular formula is C26H53N3O4. The lowest BCUT2D eigenvalue weighted by molar-refractivity contribution is -0.138. The molecular weight excluding hydrogens is 418 g/mol. The van der Waals surface area contributed by atoms with E-state index >= 15 is 0 Å². The van der Waals surface area contributed by atoms with Crippen molar-refractivity contribution in [1.82, 2.24) is 15.1 Å². The van der Waals surface area contributed by atoms with Gasteiger partial charge < -0.3 is 19.9 Å². The summed E-state index contributed by atoms with van der Waals surface area (Å²) >= 11 is 0. The van der Waals surface area contributed by atoms with Crippen LogP contribution in [0.2, 0.25) is 0 Å². The summed E-state index contributed by atoms with van der Waals surface area (Å²) in [4.78, 5) is 37.8. The minimum Gasteiger partial charge on any atom is -0.463 e. The van der Waals surface area contributed by atoms with Crippen molar-refractivity contribution in [3.8, 4) is 0 Å². The second-order valence-corrected chi connectivity index (χ2v) is 8.71. The van der Waals surface area contributed by atoms with E-state index in [4.69, 9.17) is 4.74 Å². The zero-order valence-corrected chi connectivity index (χ0v) is 22.1. The summed E-state index contributed by atoms with van der Waals surface area (Å²) in [5, 5.41) is 2.34. The summed E-state index contributed by atoms with van der Waals surface area (Å²) in [5.74, 6) is -0.474. The molecule has 0 bridgehead atoms. The fourth-order valence-corrected chi connectivity index (χ4v) is 3.18. The van der Waals surface area contributed by atoms with Gasteiger partial charge in [-0.3, -0.25) is 9.59 Å². The van der Waals surface area contributed by atoms with E-state index in [1.54, 1.807) is 27.0 Å². The van der Waals surface area contributed by atoms with E-state index in [-0.39, 0.29) is 37.8 Å². The molecule has 1 saturated heterocycles. The van der Waals surface area contributed by atoms with E-state index in [2.05, 4.69) is 37.9 Å². The van der Waals surface area contributed by atoms with E-state index in [0.29, 0.717) is 18.6 Å². The average Bonchev–Trinajstić information content (AvgIpc) is 2.76. The Morgan fingerprint density at radius 3 is 1.94 bits per heavy atom. The first-order valence-corrected chi connectivity index (χ1v) is 12.1. The van der Waals surface area contributed by atoms with E-state index in [1.165, 1.54) is 43.7 Å². The number of nitrogens with zero attached hydrogens (tertiary/aromatic N) is 2. The summed E-state index contributed by atoms with van der Waals surface area (Å²) in [6.07, 6.45) is 7.73. The first-order valence-electron chi connectivity index (χ1n) is 12.1. The number of carbonyl (C=O) groups excluding carboxylic acids is 3. The molecule has 1 aliphatic rings. The van der Waals surface area contributed by atoms with Gasteiger partial charge in [0.25, 0.3) is 0 Å². The first kappa shape index (κ1) is 35.7. The van der Waals surface area contributed by atoms with Gasteiger partial charge in [-0.25, -0.2) is 4.79 Å². The molecule has 7 heteroatoms. The highest BCUT2D eigenvalue weighted by Gasteiger charge is 2.22. The lowest BCUT2D eigenvalue weighted by Gasteiger charge is -2.29. The van der Waals surface area contributed by atoms with Crippen molar-refractivity contribution in [2.75, 3.05) is 33.3 Å². The van der Waals surface area contributed by atoms with Crippen LogP contribution < -0.4 is 5.32 Å². The van der Waals surface area contributed by atoms with Crippen molar-refractivity contribution in [3.05, 3.63) is 11.6 Å². The summed E-state index contributed by atoms with van der Waals surface area (Å²) in [5.41, 5.74) is 0.466. The minimum atomic E-state index is -0.384. The zero-order valence-electron chi connectivity index (χ0n) is 22.1. The molecule has 196 valence electrons. The largest absolute Gasteiger partial charge is 0.463 e. The molecule has 1 heterocycles. The molecule has 0 unspecified atom stereocenters. The number of carbonyl (C=O) groups is 3. The van der Waals surface area contributed by atoms with Gasteiger partial charge in [0.2, 0.25) is 12.3 Å². The number of esters is 1. The maximum atomic E-state index is 11.9. The summed E-state index contributed by atoms with van der Waals surface area (Å²) < 4.78 is 4.92. The molecule has 0 aromatic rings.